The van der Waals surface area contributed by atoms with Crippen molar-refractivity contribution in [3.8, 4) is 0 Å². The van der Waals surface area contributed by atoms with Crippen molar-refractivity contribution in [3.05, 3.63) is 58.6 Å². The van der Waals surface area contributed by atoms with E-state index in [4.69, 9.17) is 15.6 Å². The zero-order valence-electron chi connectivity index (χ0n) is 15.5. The molecule has 0 aromatic heterocycles. The summed E-state index contributed by atoms with van der Waals surface area (Å²) in [7, 11) is 0. The molecule has 0 aliphatic heterocycles. The van der Waals surface area contributed by atoms with Crippen LogP contribution in [0.2, 0.25) is 0 Å². The number of carbonyl (C=O) groups is 2. The van der Waals surface area contributed by atoms with Crippen molar-refractivity contribution < 1.29 is 23.8 Å². The average molecular weight is 386 g/mol. The second-order valence-electron chi connectivity index (χ2n) is 6.71. The van der Waals surface area contributed by atoms with Gasteiger partial charge in [0.05, 0.1) is 18.1 Å². The third-order valence-corrected chi connectivity index (χ3v) is 4.78. The summed E-state index contributed by atoms with van der Waals surface area (Å²) in [5, 5.41) is 11.7. The SMILES string of the molecule is NCCOC1=CC(c2ccc(NC(=O)C3=C(C(=O)O)CCC3)c(F)c2)=CCC1. The fourth-order valence-electron chi connectivity index (χ4n) is 3.40. The number of benzene rings is 1. The van der Waals surface area contributed by atoms with Gasteiger partial charge in [-0.2, -0.15) is 0 Å². The number of nitrogens with one attached hydrogen (secondary N) is 1. The third-order valence-electron chi connectivity index (χ3n) is 4.78. The normalized spacial score (nSPS) is 16.5. The van der Waals surface area contributed by atoms with Gasteiger partial charge in [0.15, 0.2) is 0 Å². The molecule has 0 unspecified atom stereocenters. The Balaban J connectivity index is 1.75. The molecule has 0 fully saturated rings. The molecule has 148 valence electrons. The molecule has 2 aliphatic rings. The second kappa shape index (κ2) is 8.84. The van der Waals surface area contributed by atoms with Crippen molar-refractivity contribution in [2.24, 2.45) is 5.73 Å². The van der Waals surface area contributed by atoms with Crippen molar-refractivity contribution in [1.29, 1.82) is 0 Å². The van der Waals surface area contributed by atoms with E-state index < -0.39 is 17.7 Å². The van der Waals surface area contributed by atoms with Crippen LogP contribution in [0.3, 0.4) is 0 Å². The molecule has 1 aromatic rings. The zero-order chi connectivity index (χ0) is 20.1. The number of nitrogens with two attached hydrogens (primary N) is 1. The predicted octanol–water partition coefficient (Wildman–Crippen LogP) is 3.37. The highest BCUT2D eigenvalue weighted by molar-refractivity contribution is 6.09. The molecule has 1 amide bonds. The van der Waals surface area contributed by atoms with Gasteiger partial charge in [0.2, 0.25) is 0 Å². The number of rotatable bonds is 7. The van der Waals surface area contributed by atoms with E-state index in [1.54, 1.807) is 6.07 Å². The number of halogens is 1. The topological polar surface area (TPSA) is 102 Å². The number of anilines is 1. The lowest BCUT2D eigenvalue weighted by atomic mass is 9.98. The van der Waals surface area contributed by atoms with Gasteiger partial charge in [-0.1, -0.05) is 12.1 Å². The Morgan fingerprint density at radius 2 is 2.00 bits per heavy atom. The molecule has 6 nitrogen and oxygen atoms in total. The maximum Gasteiger partial charge on any atom is 0.332 e. The van der Waals surface area contributed by atoms with Crippen LogP contribution in [-0.2, 0) is 14.3 Å². The molecule has 0 bridgehead atoms. The van der Waals surface area contributed by atoms with Gasteiger partial charge in [0, 0.05) is 24.1 Å². The van der Waals surface area contributed by atoms with Gasteiger partial charge in [-0.25, -0.2) is 9.18 Å². The molecule has 4 N–H and O–H groups in total. The number of carboxylic acids is 1. The number of hydrogen-bond donors (Lipinski definition) is 3. The van der Waals surface area contributed by atoms with E-state index in [0.29, 0.717) is 38.0 Å². The Morgan fingerprint density at radius 1 is 1.21 bits per heavy atom. The van der Waals surface area contributed by atoms with Gasteiger partial charge in [-0.05, 0) is 55.0 Å². The summed E-state index contributed by atoms with van der Waals surface area (Å²) in [5.41, 5.74) is 7.33. The largest absolute Gasteiger partial charge is 0.497 e. The van der Waals surface area contributed by atoms with Gasteiger partial charge >= 0.3 is 5.97 Å². The van der Waals surface area contributed by atoms with Crippen LogP contribution in [0.1, 0.15) is 37.7 Å². The van der Waals surface area contributed by atoms with Crippen LogP contribution in [0.25, 0.3) is 5.57 Å². The number of amides is 1. The van der Waals surface area contributed by atoms with Crippen LogP contribution in [0.15, 0.2) is 47.3 Å². The Kier molecular flexibility index (Phi) is 6.26. The minimum atomic E-state index is -1.10. The second-order valence-corrected chi connectivity index (χ2v) is 6.71. The Bertz CT molecular complexity index is 886. The van der Waals surface area contributed by atoms with E-state index in [1.807, 2.05) is 12.2 Å². The van der Waals surface area contributed by atoms with Crippen LogP contribution in [0, 0.1) is 5.82 Å². The van der Waals surface area contributed by atoms with E-state index >= 15 is 0 Å². The smallest absolute Gasteiger partial charge is 0.332 e. The quantitative estimate of drug-likeness (QED) is 0.667. The number of allylic oxidation sites excluding steroid dienone is 4. The van der Waals surface area contributed by atoms with E-state index in [9.17, 15) is 14.0 Å². The minimum Gasteiger partial charge on any atom is -0.497 e. The van der Waals surface area contributed by atoms with Crippen molar-refractivity contribution in [1.82, 2.24) is 0 Å². The summed E-state index contributed by atoms with van der Waals surface area (Å²) in [6.07, 6.45) is 6.80. The molecule has 1 aromatic carbocycles. The maximum absolute atomic E-state index is 14.6. The fraction of sp³-hybridized carbons (Fsp3) is 0.333. The van der Waals surface area contributed by atoms with Crippen molar-refractivity contribution in [3.63, 3.8) is 0 Å². The predicted molar refractivity (Wildman–Crippen MR) is 104 cm³/mol. The third kappa shape index (κ3) is 4.48. The molecule has 3 rings (SSSR count). The molecular formula is C21H23FN2O4. The summed E-state index contributed by atoms with van der Waals surface area (Å²) >= 11 is 0. The molecule has 7 heteroatoms. The Morgan fingerprint density at radius 3 is 2.71 bits per heavy atom. The number of carboxylic acid groups (broad SMARTS) is 1. The highest BCUT2D eigenvalue weighted by Gasteiger charge is 2.25. The van der Waals surface area contributed by atoms with Gasteiger partial charge < -0.3 is 20.9 Å². The molecule has 28 heavy (non-hydrogen) atoms. The van der Waals surface area contributed by atoms with E-state index in [-0.39, 0.29) is 16.8 Å². The minimum absolute atomic E-state index is 0.0258. The Hall–Kier alpha value is -2.93. The van der Waals surface area contributed by atoms with Crippen LogP contribution >= 0.6 is 0 Å². The zero-order valence-corrected chi connectivity index (χ0v) is 15.5. The van der Waals surface area contributed by atoms with Crippen LogP contribution in [0.4, 0.5) is 10.1 Å². The first-order chi connectivity index (χ1) is 13.5. The summed E-state index contributed by atoms with van der Waals surface area (Å²) in [6, 6.07) is 4.56. The standard InChI is InChI=1S/C21H23FN2O4/c22-18-12-14(13-3-1-4-15(11-13)28-10-9-23)7-8-19(18)24-20(25)16-5-2-6-17(16)21(26)27/h3,7-8,11-12H,1-2,4-6,9-10,23H2,(H,24,25)(H,26,27). The molecule has 0 saturated carbocycles. The Labute approximate surface area is 162 Å². The highest BCUT2D eigenvalue weighted by Crippen LogP contribution is 2.30. The number of carbonyl (C=O) groups excluding carboxylic acids is 1. The average Bonchev–Trinajstić information content (AvgIpc) is 3.18. The van der Waals surface area contributed by atoms with E-state index in [1.165, 1.54) is 12.1 Å². The van der Waals surface area contributed by atoms with Gasteiger partial charge in [-0.15, -0.1) is 0 Å². The lowest BCUT2D eigenvalue weighted by molar-refractivity contribution is -0.133. The summed E-state index contributed by atoms with van der Waals surface area (Å²) in [5.74, 6) is -1.42. The summed E-state index contributed by atoms with van der Waals surface area (Å²) in [6.45, 7) is 0.867. The van der Waals surface area contributed by atoms with Crippen molar-refractivity contribution in [2.45, 2.75) is 32.1 Å². The van der Waals surface area contributed by atoms with Crippen LogP contribution < -0.4 is 11.1 Å². The van der Waals surface area contributed by atoms with E-state index in [0.717, 1.165) is 24.2 Å². The molecule has 0 heterocycles. The first-order valence-corrected chi connectivity index (χ1v) is 9.29. The molecule has 0 atom stereocenters. The number of hydrogen-bond acceptors (Lipinski definition) is 4. The molecular weight excluding hydrogens is 363 g/mol. The van der Waals surface area contributed by atoms with Crippen molar-refractivity contribution in [2.75, 3.05) is 18.5 Å². The fourth-order valence-corrected chi connectivity index (χ4v) is 3.40. The first-order valence-electron chi connectivity index (χ1n) is 9.29. The number of ether oxygens (including phenoxy) is 1. The maximum atomic E-state index is 14.6. The molecule has 2 aliphatic carbocycles. The van der Waals surface area contributed by atoms with Crippen LogP contribution in [0.5, 0.6) is 0 Å². The monoisotopic (exact) mass is 386 g/mol. The lowest BCUT2D eigenvalue weighted by Gasteiger charge is -2.16. The summed E-state index contributed by atoms with van der Waals surface area (Å²) < 4.78 is 20.1. The molecule has 0 saturated heterocycles. The van der Waals surface area contributed by atoms with Crippen molar-refractivity contribution >= 4 is 23.1 Å². The summed E-state index contributed by atoms with van der Waals surface area (Å²) in [4.78, 5) is 23.6. The van der Waals surface area contributed by atoms with Gasteiger partial charge in [-0.3, -0.25) is 4.79 Å². The van der Waals surface area contributed by atoms with Crippen LogP contribution in [-0.4, -0.2) is 30.1 Å². The molecule has 0 radical (unpaired) electrons. The first kappa shape index (κ1) is 19.8. The number of aliphatic carboxylic acids is 1. The van der Waals surface area contributed by atoms with E-state index in [2.05, 4.69) is 5.32 Å². The van der Waals surface area contributed by atoms with Gasteiger partial charge in [0.1, 0.15) is 5.82 Å². The highest BCUT2D eigenvalue weighted by atomic mass is 19.1. The lowest BCUT2D eigenvalue weighted by Crippen LogP contribution is -2.17. The van der Waals surface area contributed by atoms with Gasteiger partial charge in [0.25, 0.3) is 5.91 Å². The molecule has 0 spiro atoms.